The fourth-order valence-corrected chi connectivity index (χ4v) is 2.81. The van der Waals surface area contributed by atoms with Gasteiger partial charge in [0, 0.05) is 23.5 Å². The zero-order valence-electron chi connectivity index (χ0n) is 12.2. The van der Waals surface area contributed by atoms with Crippen molar-refractivity contribution in [3.05, 3.63) is 63.5 Å². The number of carbonyl (C=O) groups is 1. The third-order valence-corrected chi connectivity index (χ3v) is 4.19. The Labute approximate surface area is 131 Å². The minimum atomic E-state index is -0.449. The number of fused-ring (bicyclic) bond motifs is 1. The van der Waals surface area contributed by atoms with Crippen molar-refractivity contribution in [1.29, 1.82) is 0 Å². The first kappa shape index (κ1) is 14.5. The van der Waals surface area contributed by atoms with E-state index in [-0.39, 0.29) is 11.1 Å². The van der Waals surface area contributed by atoms with Crippen LogP contribution >= 0.6 is 11.3 Å². The molecule has 1 amide bonds. The second kappa shape index (κ2) is 5.73. The van der Waals surface area contributed by atoms with Crippen LogP contribution in [0.1, 0.15) is 35.7 Å². The summed E-state index contributed by atoms with van der Waals surface area (Å²) in [6.45, 7) is 4.21. The van der Waals surface area contributed by atoms with Gasteiger partial charge in [-0.3, -0.25) is 14.0 Å². The summed E-state index contributed by atoms with van der Waals surface area (Å²) in [5.74, 6) is -0.0185. The van der Waals surface area contributed by atoms with Gasteiger partial charge in [0.1, 0.15) is 5.56 Å². The van der Waals surface area contributed by atoms with Crippen LogP contribution < -0.4 is 10.9 Å². The number of nitrogens with one attached hydrogen (secondary N) is 1. The number of rotatable bonds is 3. The fraction of sp³-hybridized carbons (Fsp3) is 0.188. The van der Waals surface area contributed by atoms with Crippen molar-refractivity contribution in [2.24, 2.45) is 0 Å². The summed E-state index contributed by atoms with van der Waals surface area (Å²) in [7, 11) is 0. The molecule has 0 saturated heterocycles. The largest absolute Gasteiger partial charge is 0.322 e. The number of anilines is 1. The van der Waals surface area contributed by atoms with E-state index in [0.717, 1.165) is 0 Å². The molecule has 0 bridgehead atoms. The van der Waals surface area contributed by atoms with Crippen molar-refractivity contribution in [1.82, 2.24) is 9.38 Å². The molecule has 3 rings (SSSR count). The zero-order chi connectivity index (χ0) is 15.7. The van der Waals surface area contributed by atoms with Gasteiger partial charge in [-0.05, 0) is 23.6 Å². The molecule has 0 spiro atoms. The number of thiazole rings is 1. The number of amides is 1. The molecule has 22 heavy (non-hydrogen) atoms. The van der Waals surface area contributed by atoms with Crippen molar-refractivity contribution in [2.45, 2.75) is 19.8 Å². The van der Waals surface area contributed by atoms with E-state index in [0.29, 0.717) is 16.6 Å². The van der Waals surface area contributed by atoms with Gasteiger partial charge in [0.15, 0.2) is 4.96 Å². The fourth-order valence-electron chi connectivity index (χ4n) is 2.13. The molecule has 0 aliphatic carbocycles. The molecule has 2 heterocycles. The van der Waals surface area contributed by atoms with Gasteiger partial charge >= 0.3 is 0 Å². The molecule has 112 valence electrons. The lowest BCUT2D eigenvalue weighted by Crippen LogP contribution is -2.25. The lowest BCUT2D eigenvalue weighted by Gasteiger charge is -2.08. The van der Waals surface area contributed by atoms with Crippen LogP contribution in [0, 0.1) is 0 Å². The summed E-state index contributed by atoms with van der Waals surface area (Å²) in [4.78, 5) is 29.2. The van der Waals surface area contributed by atoms with Gasteiger partial charge in [-0.25, -0.2) is 4.98 Å². The molecule has 0 fully saturated rings. The molecule has 0 radical (unpaired) electrons. The molecule has 0 aliphatic heterocycles. The predicted octanol–water partition coefficient (Wildman–Crippen LogP) is 3.13. The highest BCUT2D eigenvalue weighted by Crippen LogP contribution is 2.17. The number of carbonyl (C=O) groups excluding carboxylic acids is 1. The first-order valence-electron chi connectivity index (χ1n) is 6.92. The van der Waals surface area contributed by atoms with Gasteiger partial charge in [-0.15, -0.1) is 11.3 Å². The first-order valence-corrected chi connectivity index (χ1v) is 7.80. The molecule has 3 aromatic rings. The summed E-state index contributed by atoms with van der Waals surface area (Å²) in [5, 5.41) is 4.49. The highest BCUT2D eigenvalue weighted by atomic mass is 32.1. The molecule has 0 atom stereocenters. The van der Waals surface area contributed by atoms with Gasteiger partial charge in [-0.2, -0.15) is 0 Å². The van der Waals surface area contributed by atoms with Crippen LogP contribution in [0.4, 0.5) is 5.69 Å². The number of hydrogen-bond acceptors (Lipinski definition) is 4. The third kappa shape index (κ3) is 2.65. The topological polar surface area (TPSA) is 63.5 Å². The summed E-state index contributed by atoms with van der Waals surface area (Å²) in [5.41, 5.74) is 1.52. The van der Waals surface area contributed by atoms with E-state index in [1.54, 1.807) is 11.6 Å². The Hall–Kier alpha value is -2.47. The maximum Gasteiger partial charge on any atom is 0.271 e. The highest BCUT2D eigenvalue weighted by Gasteiger charge is 2.14. The van der Waals surface area contributed by atoms with Crippen LogP contribution in [-0.4, -0.2) is 15.3 Å². The molecule has 0 saturated carbocycles. The Morgan fingerprint density at radius 3 is 2.68 bits per heavy atom. The summed E-state index contributed by atoms with van der Waals surface area (Å²) in [6.07, 6.45) is 2.94. The Bertz CT molecular complexity index is 878. The van der Waals surface area contributed by atoms with Gasteiger partial charge in [0.05, 0.1) is 0 Å². The normalized spacial score (nSPS) is 11.0. The number of aromatic nitrogens is 2. The van der Waals surface area contributed by atoms with E-state index < -0.39 is 5.91 Å². The van der Waals surface area contributed by atoms with Crippen molar-refractivity contribution >= 4 is 27.9 Å². The molecule has 6 heteroatoms. The molecule has 5 nitrogen and oxygen atoms in total. The van der Waals surface area contributed by atoms with E-state index >= 15 is 0 Å². The minimum absolute atomic E-state index is 0.0313. The molecule has 2 aromatic heterocycles. The average molecular weight is 313 g/mol. The van der Waals surface area contributed by atoms with Crippen LogP contribution in [0.2, 0.25) is 0 Å². The first-order chi connectivity index (χ1) is 10.6. The van der Waals surface area contributed by atoms with Gasteiger partial charge in [0.2, 0.25) is 0 Å². The lowest BCUT2D eigenvalue weighted by atomic mass is 10.0. The summed E-state index contributed by atoms with van der Waals surface area (Å²) >= 11 is 1.35. The van der Waals surface area contributed by atoms with E-state index in [9.17, 15) is 9.59 Å². The maximum atomic E-state index is 12.3. The van der Waals surface area contributed by atoms with E-state index in [2.05, 4.69) is 24.1 Å². The summed E-state index contributed by atoms with van der Waals surface area (Å²) in [6, 6.07) is 7.60. The zero-order valence-corrected chi connectivity index (χ0v) is 13.1. The van der Waals surface area contributed by atoms with Crippen molar-refractivity contribution in [2.75, 3.05) is 5.32 Å². The van der Waals surface area contributed by atoms with Gasteiger partial charge in [-0.1, -0.05) is 26.0 Å². The second-order valence-electron chi connectivity index (χ2n) is 5.26. The quantitative estimate of drug-likeness (QED) is 0.808. The molecular weight excluding hydrogens is 298 g/mol. The molecular formula is C16H15N3O2S. The summed E-state index contributed by atoms with van der Waals surface area (Å²) < 4.78 is 1.38. The maximum absolute atomic E-state index is 12.3. The third-order valence-electron chi connectivity index (χ3n) is 3.42. The Morgan fingerprint density at radius 2 is 2.00 bits per heavy atom. The lowest BCUT2D eigenvalue weighted by molar-refractivity contribution is 0.102. The van der Waals surface area contributed by atoms with Gasteiger partial charge in [0.25, 0.3) is 11.5 Å². The average Bonchev–Trinajstić information content (AvgIpc) is 2.97. The van der Waals surface area contributed by atoms with Crippen LogP contribution in [0.3, 0.4) is 0 Å². The predicted molar refractivity (Wildman–Crippen MR) is 87.8 cm³/mol. The molecule has 0 unspecified atom stereocenters. The molecule has 0 aliphatic rings. The Balaban J connectivity index is 1.86. The highest BCUT2D eigenvalue weighted by molar-refractivity contribution is 7.15. The smallest absolute Gasteiger partial charge is 0.271 e. The van der Waals surface area contributed by atoms with E-state index in [4.69, 9.17) is 0 Å². The van der Waals surface area contributed by atoms with Crippen LogP contribution in [0.5, 0.6) is 0 Å². The number of nitrogens with zero attached hydrogens (tertiary/aromatic N) is 2. The Morgan fingerprint density at radius 1 is 1.27 bits per heavy atom. The Kier molecular flexibility index (Phi) is 3.77. The van der Waals surface area contributed by atoms with Crippen molar-refractivity contribution < 1.29 is 4.79 Å². The van der Waals surface area contributed by atoms with E-state index in [1.807, 2.05) is 24.3 Å². The second-order valence-corrected chi connectivity index (χ2v) is 6.14. The molecule has 1 N–H and O–H groups in total. The van der Waals surface area contributed by atoms with Gasteiger partial charge < -0.3 is 5.32 Å². The van der Waals surface area contributed by atoms with Crippen LogP contribution in [0.15, 0.2) is 46.8 Å². The minimum Gasteiger partial charge on any atom is -0.322 e. The number of hydrogen-bond donors (Lipinski definition) is 1. The van der Waals surface area contributed by atoms with Crippen LogP contribution in [-0.2, 0) is 0 Å². The standard InChI is InChI=1S/C16H15N3O2S/c1-10(2)11-3-5-12(6-4-11)18-14(20)13-9-17-16-19(15(13)21)7-8-22-16/h3-10H,1-2H3,(H,18,20). The van der Waals surface area contributed by atoms with E-state index in [1.165, 1.54) is 27.5 Å². The number of benzene rings is 1. The SMILES string of the molecule is CC(C)c1ccc(NC(=O)c2cnc3sccn3c2=O)cc1. The van der Waals surface area contributed by atoms with Crippen LogP contribution in [0.25, 0.3) is 4.96 Å². The monoisotopic (exact) mass is 313 g/mol. The van der Waals surface area contributed by atoms with Crippen molar-refractivity contribution in [3.63, 3.8) is 0 Å². The molecule has 1 aromatic carbocycles. The van der Waals surface area contributed by atoms with Crippen molar-refractivity contribution in [3.8, 4) is 0 Å².